The van der Waals surface area contributed by atoms with Crippen LogP contribution in [0.1, 0.15) is 27.7 Å². The molecule has 280 valence electrons. The third kappa shape index (κ3) is 7.78. The van der Waals surface area contributed by atoms with Crippen LogP contribution in [-0.4, -0.2) is 95.5 Å². The highest BCUT2D eigenvalue weighted by molar-refractivity contribution is 7.74. The SMILES string of the molecule is CC1(C)OC[C@H]2O[C@H](O[C@H]3O[C@@H]4COC(C)(C)O[C@H]4[C@@H](O)[C@@H]3P(c3ccccc3)c3ccccc3)[C@@H](P(c3ccccc3)c3ccccc3)[C@H](O)[C@@H]2O1. The molecule has 0 bridgehead atoms. The van der Waals surface area contributed by atoms with Crippen molar-refractivity contribution in [1.29, 1.82) is 0 Å². The minimum Gasteiger partial charge on any atom is -0.389 e. The van der Waals surface area contributed by atoms with Crippen molar-refractivity contribution < 1.29 is 43.4 Å². The molecule has 4 saturated heterocycles. The van der Waals surface area contributed by atoms with Gasteiger partial charge in [-0.05, 0) is 64.8 Å². The van der Waals surface area contributed by atoms with Crippen LogP contribution in [0.25, 0.3) is 0 Å². The fourth-order valence-corrected chi connectivity index (χ4v) is 13.6. The van der Waals surface area contributed by atoms with Gasteiger partial charge in [-0.15, -0.1) is 0 Å². The summed E-state index contributed by atoms with van der Waals surface area (Å²) in [5.41, 5.74) is -1.16. The number of fused-ring (bicyclic) bond motifs is 2. The van der Waals surface area contributed by atoms with Crippen molar-refractivity contribution in [3.63, 3.8) is 0 Å². The molecule has 0 saturated carbocycles. The Hall–Kier alpha value is -2.62. The fourth-order valence-electron chi connectivity index (χ4n) is 7.91. The van der Waals surface area contributed by atoms with Crippen LogP contribution in [0, 0.1) is 0 Å². The number of aliphatic hydroxyl groups is 2. The molecule has 4 fully saturated rings. The van der Waals surface area contributed by atoms with Gasteiger partial charge in [0.2, 0.25) is 0 Å². The lowest BCUT2D eigenvalue weighted by atomic mass is 9.98. The molecular weight excluding hydrogens is 710 g/mol. The Morgan fingerprint density at radius 1 is 0.509 bits per heavy atom. The maximum absolute atomic E-state index is 12.6. The first-order chi connectivity index (χ1) is 25.6. The number of benzene rings is 4. The topological polar surface area (TPSA) is 105 Å². The van der Waals surface area contributed by atoms with Crippen molar-refractivity contribution in [1.82, 2.24) is 0 Å². The Morgan fingerprint density at radius 3 is 1.11 bits per heavy atom. The average molecular weight is 759 g/mol. The van der Waals surface area contributed by atoms with Gasteiger partial charge in [-0.3, -0.25) is 0 Å². The Bertz CT molecular complexity index is 1570. The summed E-state index contributed by atoms with van der Waals surface area (Å²) in [5, 5.41) is 29.4. The number of hydrogen-bond acceptors (Lipinski definition) is 9. The zero-order chi connectivity index (χ0) is 36.7. The second-order valence-corrected chi connectivity index (χ2v) is 19.6. The van der Waals surface area contributed by atoms with Crippen molar-refractivity contribution in [2.24, 2.45) is 0 Å². The average Bonchev–Trinajstić information content (AvgIpc) is 3.16. The van der Waals surface area contributed by atoms with E-state index in [0.29, 0.717) is 0 Å². The fraction of sp³-hybridized carbons (Fsp3) is 0.429. The maximum atomic E-state index is 12.6. The van der Waals surface area contributed by atoms with Crippen molar-refractivity contribution in [2.45, 2.75) is 99.8 Å². The van der Waals surface area contributed by atoms with E-state index in [9.17, 15) is 10.2 Å². The summed E-state index contributed by atoms with van der Waals surface area (Å²) in [6, 6.07) is 40.9. The lowest BCUT2D eigenvalue weighted by Gasteiger charge is -2.54. The van der Waals surface area contributed by atoms with E-state index < -0.39 is 87.9 Å². The van der Waals surface area contributed by atoms with Crippen molar-refractivity contribution >= 4 is 37.1 Å². The summed E-state index contributed by atoms with van der Waals surface area (Å²) >= 11 is 0. The van der Waals surface area contributed by atoms with Gasteiger partial charge >= 0.3 is 0 Å². The second kappa shape index (κ2) is 15.5. The molecule has 2 N–H and O–H groups in total. The largest absolute Gasteiger partial charge is 0.389 e. The van der Waals surface area contributed by atoms with E-state index in [1.54, 1.807) is 0 Å². The third-order valence-electron chi connectivity index (χ3n) is 10.3. The van der Waals surface area contributed by atoms with E-state index in [-0.39, 0.29) is 13.2 Å². The molecule has 53 heavy (non-hydrogen) atoms. The van der Waals surface area contributed by atoms with Crippen LogP contribution < -0.4 is 21.2 Å². The van der Waals surface area contributed by atoms with Crippen molar-refractivity contribution in [3.05, 3.63) is 121 Å². The lowest BCUT2D eigenvalue weighted by Crippen LogP contribution is -2.68. The van der Waals surface area contributed by atoms with Crippen molar-refractivity contribution in [3.8, 4) is 0 Å². The number of ether oxygens (including phenoxy) is 7. The standard InChI is InChI=1S/C42H48O9P2/c1-41(2)45-25-31-35(50-41)33(43)37(52(27-17-9-5-10-18-27)28-19-11-6-12-20-28)39(47-31)49-40-38(34(44)36-32(48-40)26-46-42(3,4)51-36)53(29-21-13-7-14-22-29)30-23-15-8-16-24-30/h5-24,31-40,43-44H,25-26H2,1-4H3/t31-,32-,33-,34-,35-,36-,37+,38+,39-,40-/m1/s1. The molecule has 9 nitrogen and oxygen atoms in total. The van der Waals surface area contributed by atoms with Gasteiger partial charge in [-0.2, -0.15) is 0 Å². The smallest absolute Gasteiger partial charge is 0.171 e. The molecule has 0 amide bonds. The Morgan fingerprint density at radius 2 is 0.811 bits per heavy atom. The van der Waals surface area contributed by atoms with E-state index >= 15 is 0 Å². The highest BCUT2D eigenvalue weighted by Gasteiger charge is 2.58. The second-order valence-electron chi connectivity index (χ2n) is 14.9. The van der Waals surface area contributed by atoms with Crippen LogP contribution in [0.4, 0.5) is 0 Å². The first-order valence-electron chi connectivity index (χ1n) is 18.3. The molecule has 4 aromatic carbocycles. The van der Waals surface area contributed by atoms with E-state index in [1.807, 2.05) is 100 Å². The molecule has 4 aromatic rings. The van der Waals surface area contributed by atoms with E-state index in [1.165, 1.54) is 0 Å². The van der Waals surface area contributed by atoms with Gasteiger partial charge in [-0.1, -0.05) is 121 Å². The predicted molar refractivity (Wildman–Crippen MR) is 206 cm³/mol. The van der Waals surface area contributed by atoms with Gasteiger partial charge in [-0.25, -0.2) is 0 Å². The first kappa shape index (κ1) is 37.3. The van der Waals surface area contributed by atoms with Gasteiger partial charge in [0.25, 0.3) is 0 Å². The van der Waals surface area contributed by atoms with Crippen LogP contribution in [0.2, 0.25) is 0 Å². The molecule has 4 aliphatic heterocycles. The minimum atomic E-state index is -1.28. The Labute approximate surface area is 314 Å². The maximum Gasteiger partial charge on any atom is 0.171 e. The molecule has 11 heteroatoms. The molecule has 0 unspecified atom stereocenters. The van der Waals surface area contributed by atoms with Crippen LogP contribution in [0.15, 0.2) is 121 Å². The third-order valence-corrected chi connectivity index (χ3v) is 16.0. The van der Waals surface area contributed by atoms with Gasteiger partial charge in [0.05, 0.1) is 36.7 Å². The molecule has 0 aliphatic carbocycles. The Balaban J connectivity index is 1.24. The highest BCUT2D eigenvalue weighted by Crippen LogP contribution is 2.52. The lowest BCUT2D eigenvalue weighted by molar-refractivity contribution is -0.396. The zero-order valence-electron chi connectivity index (χ0n) is 30.4. The molecule has 4 heterocycles. The van der Waals surface area contributed by atoms with Crippen LogP contribution in [0.3, 0.4) is 0 Å². The number of hydrogen-bond donors (Lipinski definition) is 2. The monoisotopic (exact) mass is 758 g/mol. The summed E-state index contributed by atoms with van der Waals surface area (Å²) in [4.78, 5) is 0. The summed E-state index contributed by atoms with van der Waals surface area (Å²) in [5.74, 6) is -1.81. The first-order valence-corrected chi connectivity index (χ1v) is 21.2. The Kier molecular flexibility index (Phi) is 10.9. The van der Waals surface area contributed by atoms with E-state index in [2.05, 4.69) is 48.5 Å². The zero-order valence-corrected chi connectivity index (χ0v) is 32.2. The summed E-state index contributed by atoms with van der Waals surface area (Å²) < 4.78 is 46.0. The number of aliphatic hydroxyl groups excluding tert-OH is 2. The van der Waals surface area contributed by atoms with Gasteiger partial charge in [0.1, 0.15) is 24.4 Å². The molecular formula is C42H48O9P2. The molecule has 0 radical (unpaired) electrons. The van der Waals surface area contributed by atoms with Crippen LogP contribution in [0.5, 0.6) is 0 Å². The van der Waals surface area contributed by atoms with Gasteiger partial charge in [0, 0.05) is 0 Å². The molecule has 10 atom stereocenters. The van der Waals surface area contributed by atoms with Crippen LogP contribution in [-0.2, 0) is 33.2 Å². The van der Waals surface area contributed by atoms with Crippen molar-refractivity contribution in [2.75, 3.05) is 13.2 Å². The molecule has 0 aromatic heterocycles. The quantitative estimate of drug-likeness (QED) is 0.252. The van der Waals surface area contributed by atoms with E-state index in [0.717, 1.165) is 21.2 Å². The van der Waals surface area contributed by atoms with E-state index in [4.69, 9.17) is 33.2 Å². The minimum absolute atomic E-state index is 0.218. The molecule has 8 rings (SSSR count). The summed E-state index contributed by atoms with van der Waals surface area (Å²) in [7, 11) is -2.55. The number of rotatable bonds is 8. The highest BCUT2D eigenvalue weighted by atomic mass is 31.1. The normalized spacial score (nSPS) is 33.6. The van der Waals surface area contributed by atoms with Gasteiger partial charge < -0.3 is 43.4 Å². The summed E-state index contributed by atoms with van der Waals surface area (Å²) in [6.07, 6.45) is -6.43. The van der Waals surface area contributed by atoms with Gasteiger partial charge in [0.15, 0.2) is 24.2 Å². The predicted octanol–water partition coefficient (Wildman–Crippen LogP) is 4.48. The van der Waals surface area contributed by atoms with Crippen LogP contribution >= 0.6 is 15.8 Å². The molecule has 0 spiro atoms. The molecule has 4 aliphatic rings. The summed E-state index contributed by atoms with van der Waals surface area (Å²) in [6.45, 7) is 7.86.